The monoisotopic (exact) mass is 418 g/mol. The van der Waals surface area contributed by atoms with Gasteiger partial charge in [-0.25, -0.2) is 18.4 Å². The second-order valence-corrected chi connectivity index (χ2v) is 8.64. The predicted molar refractivity (Wildman–Crippen MR) is 108 cm³/mol. The number of hydrogen-bond acceptors (Lipinski definition) is 6. The van der Waals surface area contributed by atoms with Crippen molar-refractivity contribution in [2.24, 2.45) is 5.14 Å². The molecule has 0 spiro atoms. The predicted octanol–water partition coefficient (Wildman–Crippen LogP) is 2.91. The lowest BCUT2D eigenvalue weighted by Gasteiger charge is -2.06. The highest BCUT2D eigenvalue weighted by atomic mass is 32.2. The minimum Gasteiger partial charge on any atom is -0.462 e. The van der Waals surface area contributed by atoms with Crippen LogP contribution in [0, 0.1) is 0 Å². The van der Waals surface area contributed by atoms with Crippen LogP contribution in [0.5, 0.6) is 0 Å². The maximum absolute atomic E-state index is 12.3. The molecule has 3 rings (SSSR count). The van der Waals surface area contributed by atoms with Gasteiger partial charge in [0.25, 0.3) is 0 Å². The summed E-state index contributed by atoms with van der Waals surface area (Å²) in [7, 11) is -3.76. The van der Waals surface area contributed by atoms with Crippen LogP contribution in [0.2, 0.25) is 0 Å². The first kappa shape index (κ1) is 20.0. The standard InChI is InChI=1S/C19H18N2O5S2/c1-2-26-19(23)17-11-13-10-14(5-8-16(13)27-17)21-18(22)9-12-3-6-15(7-4-12)28(20,24)25/h3-8,10-11H,2,9H2,1H3,(H,21,22)(H2,20,24,25). The molecular formula is C19H18N2O5S2. The molecule has 3 N–H and O–H groups in total. The average Bonchev–Trinajstić information content (AvgIpc) is 3.05. The van der Waals surface area contributed by atoms with Crippen LogP contribution in [0.1, 0.15) is 22.2 Å². The van der Waals surface area contributed by atoms with Crippen molar-refractivity contribution in [2.45, 2.75) is 18.2 Å². The third kappa shape index (κ3) is 4.75. The second-order valence-electron chi connectivity index (χ2n) is 6.00. The number of benzene rings is 2. The van der Waals surface area contributed by atoms with Crippen LogP contribution in [-0.2, 0) is 26.0 Å². The van der Waals surface area contributed by atoms with Gasteiger partial charge in [0, 0.05) is 10.4 Å². The fourth-order valence-corrected chi connectivity index (χ4v) is 4.06. The first-order valence-corrected chi connectivity index (χ1v) is 10.7. The number of ether oxygens (including phenoxy) is 1. The molecule has 0 aliphatic carbocycles. The summed E-state index contributed by atoms with van der Waals surface area (Å²) in [5, 5.41) is 8.69. The molecule has 146 valence electrons. The number of hydrogen-bond donors (Lipinski definition) is 2. The molecule has 0 saturated carbocycles. The summed E-state index contributed by atoms with van der Waals surface area (Å²) < 4.78 is 28.5. The van der Waals surface area contributed by atoms with Gasteiger partial charge in [-0.2, -0.15) is 0 Å². The number of carbonyl (C=O) groups is 2. The Morgan fingerprint density at radius 1 is 1.11 bits per heavy atom. The smallest absolute Gasteiger partial charge is 0.348 e. The van der Waals surface area contributed by atoms with Crippen LogP contribution >= 0.6 is 11.3 Å². The van der Waals surface area contributed by atoms with Crippen molar-refractivity contribution in [2.75, 3.05) is 11.9 Å². The summed E-state index contributed by atoms with van der Waals surface area (Å²) in [5.74, 6) is -0.610. The molecule has 3 aromatic rings. The van der Waals surface area contributed by atoms with E-state index < -0.39 is 10.0 Å². The van der Waals surface area contributed by atoms with E-state index in [0.717, 1.165) is 10.1 Å². The lowest BCUT2D eigenvalue weighted by Crippen LogP contribution is -2.15. The van der Waals surface area contributed by atoms with E-state index in [4.69, 9.17) is 9.88 Å². The zero-order valence-electron chi connectivity index (χ0n) is 15.0. The van der Waals surface area contributed by atoms with Gasteiger partial charge in [0.05, 0.1) is 17.9 Å². The Balaban J connectivity index is 1.69. The van der Waals surface area contributed by atoms with Crippen LogP contribution < -0.4 is 10.5 Å². The Labute approximate surface area is 166 Å². The molecule has 0 saturated heterocycles. The minimum atomic E-state index is -3.76. The number of rotatable bonds is 6. The first-order valence-electron chi connectivity index (χ1n) is 8.38. The molecule has 1 heterocycles. The Hall–Kier alpha value is -2.75. The van der Waals surface area contributed by atoms with Gasteiger partial charge < -0.3 is 10.1 Å². The first-order chi connectivity index (χ1) is 13.3. The molecule has 0 unspecified atom stereocenters. The number of sulfonamides is 1. The van der Waals surface area contributed by atoms with Crippen molar-refractivity contribution < 1.29 is 22.7 Å². The largest absolute Gasteiger partial charge is 0.462 e. The summed E-state index contributed by atoms with van der Waals surface area (Å²) >= 11 is 1.33. The van der Waals surface area contributed by atoms with Crippen LogP contribution in [0.4, 0.5) is 5.69 Å². The van der Waals surface area contributed by atoms with E-state index in [0.29, 0.717) is 22.7 Å². The number of carbonyl (C=O) groups excluding carboxylic acids is 2. The normalized spacial score (nSPS) is 11.4. The van der Waals surface area contributed by atoms with Crippen molar-refractivity contribution in [1.82, 2.24) is 0 Å². The Bertz CT molecular complexity index is 1130. The summed E-state index contributed by atoms with van der Waals surface area (Å²) in [6, 6.07) is 12.9. The van der Waals surface area contributed by atoms with Crippen molar-refractivity contribution in [1.29, 1.82) is 0 Å². The molecule has 0 aliphatic rings. The zero-order valence-corrected chi connectivity index (χ0v) is 16.6. The maximum atomic E-state index is 12.3. The van der Waals surface area contributed by atoms with E-state index in [1.807, 2.05) is 6.07 Å². The topological polar surface area (TPSA) is 116 Å². The molecule has 0 fully saturated rings. The van der Waals surface area contributed by atoms with E-state index in [1.54, 1.807) is 37.3 Å². The molecule has 0 bridgehead atoms. The number of esters is 1. The van der Waals surface area contributed by atoms with Crippen molar-refractivity contribution in [3.63, 3.8) is 0 Å². The Kier molecular flexibility index (Phi) is 5.78. The van der Waals surface area contributed by atoms with E-state index in [9.17, 15) is 18.0 Å². The number of primary sulfonamides is 1. The van der Waals surface area contributed by atoms with Crippen LogP contribution in [0.15, 0.2) is 53.4 Å². The number of anilines is 1. The highest BCUT2D eigenvalue weighted by molar-refractivity contribution is 7.89. The van der Waals surface area contributed by atoms with Gasteiger partial charge in [0.2, 0.25) is 15.9 Å². The fraction of sp³-hybridized carbons (Fsp3) is 0.158. The highest BCUT2D eigenvalue weighted by Gasteiger charge is 2.12. The van der Waals surface area contributed by atoms with Gasteiger partial charge in [-0.3, -0.25) is 4.79 Å². The quantitative estimate of drug-likeness (QED) is 0.597. The number of nitrogens with two attached hydrogens (primary N) is 1. The Morgan fingerprint density at radius 2 is 1.82 bits per heavy atom. The highest BCUT2D eigenvalue weighted by Crippen LogP contribution is 2.28. The molecule has 0 aliphatic heterocycles. The van der Waals surface area contributed by atoms with Crippen molar-refractivity contribution in [3.8, 4) is 0 Å². The molecule has 1 amide bonds. The molecule has 2 aromatic carbocycles. The fourth-order valence-electron chi connectivity index (χ4n) is 2.61. The summed E-state index contributed by atoms with van der Waals surface area (Å²) in [4.78, 5) is 24.6. The Morgan fingerprint density at radius 3 is 2.46 bits per heavy atom. The van der Waals surface area contributed by atoms with E-state index >= 15 is 0 Å². The third-order valence-electron chi connectivity index (χ3n) is 3.89. The number of amides is 1. The van der Waals surface area contributed by atoms with Gasteiger partial charge in [-0.15, -0.1) is 11.3 Å². The van der Waals surface area contributed by atoms with Gasteiger partial charge in [-0.05, 0) is 54.3 Å². The van der Waals surface area contributed by atoms with Crippen LogP contribution in [-0.4, -0.2) is 26.9 Å². The maximum Gasteiger partial charge on any atom is 0.348 e. The summed E-state index contributed by atoms with van der Waals surface area (Å²) in [5.41, 5.74) is 1.26. The van der Waals surface area contributed by atoms with E-state index in [-0.39, 0.29) is 23.2 Å². The van der Waals surface area contributed by atoms with E-state index in [1.165, 1.54) is 23.5 Å². The molecule has 9 heteroatoms. The number of thiophene rings is 1. The molecular weight excluding hydrogens is 400 g/mol. The van der Waals surface area contributed by atoms with Crippen molar-refractivity contribution in [3.05, 3.63) is 59.0 Å². The zero-order chi connectivity index (χ0) is 20.3. The number of nitrogens with one attached hydrogen (secondary N) is 1. The third-order valence-corrected chi connectivity index (χ3v) is 5.92. The summed E-state index contributed by atoms with van der Waals surface area (Å²) in [6.07, 6.45) is 0.0840. The van der Waals surface area contributed by atoms with Crippen LogP contribution in [0.3, 0.4) is 0 Å². The van der Waals surface area contributed by atoms with Gasteiger partial charge in [0.1, 0.15) is 4.88 Å². The van der Waals surface area contributed by atoms with Gasteiger partial charge >= 0.3 is 5.97 Å². The molecule has 7 nitrogen and oxygen atoms in total. The lowest BCUT2D eigenvalue weighted by atomic mass is 10.1. The average molecular weight is 418 g/mol. The van der Waals surface area contributed by atoms with Gasteiger partial charge in [0.15, 0.2) is 0 Å². The molecule has 1 aromatic heterocycles. The second kappa shape index (κ2) is 8.09. The molecule has 0 radical (unpaired) electrons. The van der Waals surface area contributed by atoms with Crippen LogP contribution in [0.25, 0.3) is 10.1 Å². The number of fused-ring (bicyclic) bond motifs is 1. The van der Waals surface area contributed by atoms with E-state index in [2.05, 4.69) is 5.32 Å². The molecule has 28 heavy (non-hydrogen) atoms. The van der Waals surface area contributed by atoms with Crippen molar-refractivity contribution >= 4 is 49.0 Å². The SMILES string of the molecule is CCOC(=O)c1cc2cc(NC(=O)Cc3ccc(S(N)(=O)=O)cc3)ccc2s1. The molecule has 0 atom stereocenters. The minimum absolute atomic E-state index is 0.00280. The lowest BCUT2D eigenvalue weighted by molar-refractivity contribution is -0.115. The summed E-state index contributed by atoms with van der Waals surface area (Å²) in [6.45, 7) is 2.06. The van der Waals surface area contributed by atoms with Gasteiger partial charge in [-0.1, -0.05) is 12.1 Å².